The van der Waals surface area contributed by atoms with Gasteiger partial charge in [0.15, 0.2) is 12.5 Å². The van der Waals surface area contributed by atoms with Crippen LogP contribution in [0.4, 0.5) is 5.82 Å². The number of hydrogen-bond acceptors (Lipinski definition) is 10. The number of rotatable bonds is 14. The van der Waals surface area contributed by atoms with E-state index in [0.717, 1.165) is 17.3 Å². The maximum atomic E-state index is 13.5. The Balaban J connectivity index is 1.61. The van der Waals surface area contributed by atoms with Gasteiger partial charge in [-0.1, -0.05) is 43.1 Å². The quantitative estimate of drug-likeness (QED) is 0.221. The molecule has 1 fully saturated rings. The van der Waals surface area contributed by atoms with Crippen molar-refractivity contribution in [2.75, 3.05) is 25.6 Å². The number of nitrogens with one attached hydrogen (secondary N) is 2. The van der Waals surface area contributed by atoms with Gasteiger partial charge in [0.2, 0.25) is 5.91 Å². The van der Waals surface area contributed by atoms with E-state index in [9.17, 15) is 18.9 Å². The summed E-state index contributed by atoms with van der Waals surface area (Å²) in [6.07, 6.45) is 1.24. The predicted octanol–water partition coefficient (Wildman–Crippen LogP) is 4.24. The fraction of sp³-hybridized carbons (Fsp3) is 0.538. The van der Waals surface area contributed by atoms with Crippen LogP contribution >= 0.6 is 23.7 Å². The molecule has 0 bridgehead atoms. The number of carbonyl (C=O) groups is 2. The molecule has 226 valence electrons. The van der Waals surface area contributed by atoms with Crippen molar-refractivity contribution in [3.05, 3.63) is 51.5 Å². The van der Waals surface area contributed by atoms with E-state index in [-0.39, 0.29) is 36.6 Å². The molecule has 1 amide bonds. The van der Waals surface area contributed by atoms with Crippen molar-refractivity contribution in [2.24, 2.45) is 11.8 Å². The molecule has 3 rings (SSSR count). The maximum Gasteiger partial charge on any atom is 0.459 e. The van der Waals surface area contributed by atoms with Crippen LogP contribution in [0.3, 0.4) is 0 Å². The van der Waals surface area contributed by atoms with E-state index in [1.165, 1.54) is 30.9 Å². The van der Waals surface area contributed by atoms with Gasteiger partial charge in [0.05, 0.1) is 13.7 Å². The number of hydrogen-bond donors (Lipinski definition) is 2. The summed E-state index contributed by atoms with van der Waals surface area (Å²) in [5.74, 6) is -0.241. The lowest BCUT2D eigenvalue weighted by atomic mass is 9.99. The molecule has 1 aromatic heterocycles. The fourth-order valence-corrected chi connectivity index (χ4v) is 5.43. The lowest BCUT2D eigenvalue weighted by molar-refractivity contribution is -0.142. The van der Waals surface area contributed by atoms with Crippen molar-refractivity contribution < 1.29 is 37.4 Å². The van der Waals surface area contributed by atoms with Crippen molar-refractivity contribution >= 4 is 41.4 Å². The topological polar surface area (TPSA) is 156 Å². The Kier molecular flexibility index (Phi) is 12.1. The molecule has 1 aliphatic rings. The van der Waals surface area contributed by atoms with Crippen LogP contribution in [-0.4, -0.2) is 54.1 Å². The van der Waals surface area contributed by atoms with Crippen molar-refractivity contribution in [3.8, 4) is 5.75 Å². The van der Waals surface area contributed by atoms with Crippen molar-refractivity contribution in [1.29, 1.82) is 0 Å². The number of methoxy groups -OCH3 is 1. The lowest BCUT2D eigenvalue weighted by Gasteiger charge is -2.23. The molecule has 2 aromatic rings. The van der Waals surface area contributed by atoms with Gasteiger partial charge in [-0.15, -0.1) is 0 Å². The summed E-state index contributed by atoms with van der Waals surface area (Å²) < 4.78 is 42.7. The summed E-state index contributed by atoms with van der Waals surface area (Å²) in [7, 11) is -2.92. The van der Waals surface area contributed by atoms with Gasteiger partial charge in [0, 0.05) is 16.6 Å². The minimum atomic E-state index is -4.12. The zero-order chi connectivity index (χ0) is 30.2. The number of amides is 1. The van der Waals surface area contributed by atoms with E-state index in [1.54, 1.807) is 24.3 Å². The van der Waals surface area contributed by atoms with Crippen LogP contribution in [0.2, 0.25) is 0 Å². The first-order valence-electron chi connectivity index (χ1n) is 13.1. The molecule has 0 radical (unpaired) electrons. The zero-order valence-corrected chi connectivity index (χ0v) is 26.1. The van der Waals surface area contributed by atoms with E-state index in [0.29, 0.717) is 5.92 Å². The molecule has 5 atom stereocenters. The molecule has 15 heteroatoms. The standard InChI is InChI=1S/C26H36BrN4O9P/c1-16(2)6-7-17(3)24(32)28-21-12-13-31(26(34)29-21)22-14-37-23(39-22)15-38-41(35,30-18(4)25(33)36-5)40-20-10-8-19(27)9-11-20/h8-13,16-18,22-23H,6-7,14-15H2,1-5H3,(H,30,35)(H,28,29,32,34)/t17?,18-,22-,23-,41?/m0/s1. The molecule has 2 unspecified atom stereocenters. The second-order valence-electron chi connectivity index (χ2n) is 9.93. The number of halogens is 1. The maximum absolute atomic E-state index is 13.5. The largest absolute Gasteiger partial charge is 0.468 e. The van der Waals surface area contributed by atoms with Crippen LogP contribution in [0.1, 0.15) is 46.8 Å². The normalized spacial score (nSPS) is 19.8. The molecular weight excluding hydrogens is 623 g/mol. The highest BCUT2D eigenvalue weighted by atomic mass is 79.9. The van der Waals surface area contributed by atoms with Crippen LogP contribution in [0, 0.1) is 11.8 Å². The van der Waals surface area contributed by atoms with Gasteiger partial charge in [-0.2, -0.15) is 10.1 Å². The van der Waals surface area contributed by atoms with Gasteiger partial charge in [-0.3, -0.25) is 18.7 Å². The third-order valence-corrected chi connectivity index (χ3v) is 8.25. The Morgan fingerprint density at radius 1 is 1.17 bits per heavy atom. The van der Waals surface area contributed by atoms with Gasteiger partial charge >= 0.3 is 19.4 Å². The van der Waals surface area contributed by atoms with Gasteiger partial charge in [0.1, 0.15) is 24.2 Å². The Bertz CT molecular complexity index is 1290. The molecule has 2 heterocycles. The number of anilines is 1. The van der Waals surface area contributed by atoms with Crippen molar-refractivity contribution in [1.82, 2.24) is 14.6 Å². The van der Waals surface area contributed by atoms with Crippen LogP contribution < -0.4 is 20.6 Å². The smallest absolute Gasteiger partial charge is 0.459 e. The molecule has 41 heavy (non-hydrogen) atoms. The summed E-state index contributed by atoms with van der Waals surface area (Å²) in [6.45, 7) is 7.10. The predicted molar refractivity (Wildman–Crippen MR) is 153 cm³/mol. The van der Waals surface area contributed by atoms with Crippen molar-refractivity contribution in [2.45, 2.75) is 59.1 Å². The Hall–Kier alpha value is -2.61. The third kappa shape index (κ3) is 10.0. The number of nitrogens with zero attached hydrogens (tertiary/aromatic N) is 2. The highest BCUT2D eigenvalue weighted by Gasteiger charge is 2.36. The van der Waals surface area contributed by atoms with Gasteiger partial charge in [-0.05, 0) is 49.6 Å². The average molecular weight is 659 g/mol. The van der Waals surface area contributed by atoms with E-state index in [1.807, 2.05) is 6.92 Å². The molecule has 0 aliphatic carbocycles. The van der Waals surface area contributed by atoms with Crippen LogP contribution in [0.25, 0.3) is 0 Å². The van der Waals surface area contributed by atoms with Crippen LogP contribution in [0.5, 0.6) is 5.75 Å². The Labute approximate surface area is 247 Å². The zero-order valence-electron chi connectivity index (χ0n) is 23.6. The SMILES string of the molecule is COC(=O)[C@H](C)NP(=O)(OC[C@H]1OC[C@@H](n2ccc(NC(=O)C(C)CCC(C)C)nc2=O)O1)Oc1ccc(Br)cc1. The third-order valence-electron chi connectivity index (χ3n) is 6.08. The monoisotopic (exact) mass is 658 g/mol. The number of esters is 1. The summed E-state index contributed by atoms with van der Waals surface area (Å²) in [5.41, 5.74) is -0.648. The van der Waals surface area contributed by atoms with Gasteiger partial charge in [0.25, 0.3) is 0 Å². The molecule has 0 saturated carbocycles. The number of ether oxygens (including phenoxy) is 3. The second kappa shape index (κ2) is 15.0. The molecule has 13 nitrogen and oxygen atoms in total. The molecule has 1 aromatic carbocycles. The van der Waals surface area contributed by atoms with Gasteiger partial charge in [-0.25, -0.2) is 9.36 Å². The van der Waals surface area contributed by atoms with Crippen LogP contribution in [-0.2, 0) is 32.9 Å². The Morgan fingerprint density at radius 2 is 1.88 bits per heavy atom. The summed E-state index contributed by atoms with van der Waals surface area (Å²) in [6, 6.07) is 7.00. The summed E-state index contributed by atoms with van der Waals surface area (Å²) in [5, 5.41) is 5.22. The van der Waals surface area contributed by atoms with E-state index >= 15 is 0 Å². The summed E-state index contributed by atoms with van der Waals surface area (Å²) in [4.78, 5) is 41.0. The number of carbonyl (C=O) groups excluding carboxylic acids is 2. The molecular formula is C26H36BrN4O9P. The first-order chi connectivity index (χ1) is 19.4. The number of benzene rings is 1. The molecule has 0 spiro atoms. The molecule has 2 N–H and O–H groups in total. The Morgan fingerprint density at radius 3 is 2.51 bits per heavy atom. The van der Waals surface area contributed by atoms with E-state index < -0.39 is 38.0 Å². The molecule has 1 saturated heterocycles. The second-order valence-corrected chi connectivity index (χ2v) is 12.5. The first kappa shape index (κ1) is 32.9. The van der Waals surface area contributed by atoms with Gasteiger partial charge < -0.3 is 24.1 Å². The van der Waals surface area contributed by atoms with Crippen LogP contribution in [0.15, 0.2) is 45.8 Å². The fourth-order valence-electron chi connectivity index (χ4n) is 3.69. The van der Waals surface area contributed by atoms with E-state index in [2.05, 4.69) is 49.9 Å². The first-order valence-corrected chi connectivity index (χ1v) is 15.4. The lowest BCUT2D eigenvalue weighted by Crippen LogP contribution is -2.35. The summed E-state index contributed by atoms with van der Waals surface area (Å²) >= 11 is 3.32. The van der Waals surface area contributed by atoms with Crippen molar-refractivity contribution in [3.63, 3.8) is 0 Å². The molecule has 1 aliphatic heterocycles. The minimum Gasteiger partial charge on any atom is -0.468 e. The highest BCUT2D eigenvalue weighted by Crippen LogP contribution is 2.45. The number of aromatic nitrogens is 2. The minimum absolute atomic E-state index is 0.0165. The highest BCUT2D eigenvalue weighted by molar-refractivity contribution is 9.10. The average Bonchev–Trinajstić information content (AvgIpc) is 3.40. The van der Waals surface area contributed by atoms with E-state index in [4.69, 9.17) is 18.5 Å².